The van der Waals surface area contributed by atoms with E-state index in [-0.39, 0.29) is 12.3 Å². The van der Waals surface area contributed by atoms with Crippen LogP contribution in [0, 0.1) is 6.92 Å². The highest BCUT2D eigenvalue weighted by Crippen LogP contribution is 1.87. The maximum absolute atomic E-state index is 11.2. The van der Waals surface area contributed by atoms with Crippen LogP contribution in [0.2, 0.25) is 0 Å². The molecular weight excluding hydrogens is 184 g/mol. The first-order valence-corrected chi connectivity index (χ1v) is 4.53. The number of nitrogens with zero attached hydrogens (tertiary/aromatic N) is 1. The minimum Gasteiger partial charge on any atom is -0.361 e. The van der Waals surface area contributed by atoms with Gasteiger partial charge in [-0.1, -0.05) is 6.92 Å². The summed E-state index contributed by atoms with van der Waals surface area (Å²) in [5.74, 6) is 0. The topological polar surface area (TPSA) is 64.1 Å². The number of rotatable bonds is 4. The van der Waals surface area contributed by atoms with Crippen LogP contribution in [0.5, 0.6) is 0 Å². The SMILES string of the molecule is CCCOCn1cc(C)c(=O)[nH]c1=O. The molecule has 0 bridgehead atoms. The Morgan fingerprint density at radius 1 is 1.50 bits per heavy atom. The lowest BCUT2D eigenvalue weighted by molar-refractivity contribution is 0.0740. The molecular formula is C9H14N2O3. The van der Waals surface area contributed by atoms with Crippen LogP contribution in [-0.2, 0) is 11.5 Å². The maximum atomic E-state index is 11.2. The monoisotopic (exact) mass is 198 g/mol. The Morgan fingerprint density at radius 2 is 2.21 bits per heavy atom. The van der Waals surface area contributed by atoms with Crippen molar-refractivity contribution in [3.8, 4) is 0 Å². The van der Waals surface area contributed by atoms with Crippen molar-refractivity contribution in [2.45, 2.75) is 27.0 Å². The molecule has 0 atom stereocenters. The number of nitrogens with one attached hydrogen (secondary N) is 1. The van der Waals surface area contributed by atoms with E-state index >= 15 is 0 Å². The number of hydrogen-bond acceptors (Lipinski definition) is 3. The van der Waals surface area contributed by atoms with E-state index in [4.69, 9.17) is 4.74 Å². The van der Waals surface area contributed by atoms with Crippen molar-refractivity contribution >= 4 is 0 Å². The summed E-state index contributed by atoms with van der Waals surface area (Å²) in [6, 6.07) is 0. The first kappa shape index (κ1) is 10.7. The quantitative estimate of drug-likeness (QED) is 0.704. The van der Waals surface area contributed by atoms with E-state index < -0.39 is 5.69 Å². The van der Waals surface area contributed by atoms with Crippen molar-refractivity contribution in [1.82, 2.24) is 9.55 Å². The Bertz CT molecular complexity index is 405. The summed E-state index contributed by atoms with van der Waals surface area (Å²) in [4.78, 5) is 24.4. The normalized spacial score (nSPS) is 10.4. The first-order chi connectivity index (χ1) is 6.65. The Kier molecular flexibility index (Phi) is 3.64. The van der Waals surface area contributed by atoms with E-state index in [0.717, 1.165) is 6.42 Å². The summed E-state index contributed by atoms with van der Waals surface area (Å²) in [6.07, 6.45) is 2.40. The van der Waals surface area contributed by atoms with Gasteiger partial charge in [-0.3, -0.25) is 14.3 Å². The fraction of sp³-hybridized carbons (Fsp3) is 0.556. The van der Waals surface area contributed by atoms with Crippen LogP contribution in [0.25, 0.3) is 0 Å². The standard InChI is InChI=1S/C9H14N2O3/c1-3-4-14-6-11-5-7(2)8(12)10-9(11)13/h5H,3-4,6H2,1-2H3,(H,10,12,13). The average molecular weight is 198 g/mol. The molecule has 0 spiro atoms. The summed E-state index contributed by atoms with van der Waals surface area (Å²) in [5.41, 5.74) is -0.275. The van der Waals surface area contributed by atoms with Crippen LogP contribution in [0.1, 0.15) is 18.9 Å². The molecule has 1 heterocycles. The molecule has 0 aliphatic carbocycles. The van der Waals surface area contributed by atoms with Gasteiger partial charge in [-0.25, -0.2) is 4.79 Å². The van der Waals surface area contributed by atoms with Gasteiger partial charge in [0.05, 0.1) is 0 Å². The molecule has 14 heavy (non-hydrogen) atoms. The zero-order valence-corrected chi connectivity index (χ0v) is 8.37. The Morgan fingerprint density at radius 3 is 2.86 bits per heavy atom. The minimum atomic E-state index is -0.434. The van der Waals surface area contributed by atoms with Gasteiger partial charge >= 0.3 is 5.69 Å². The van der Waals surface area contributed by atoms with Crippen molar-refractivity contribution in [3.63, 3.8) is 0 Å². The average Bonchev–Trinajstić information content (AvgIpc) is 2.14. The molecule has 0 fully saturated rings. The maximum Gasteiger partial charge on any atom is 0.330 e. The molecule has 1 aromatic heterocycles. The van der Waals surface area contributed by atoms with Crippen molar-refractivity contribution < 1.29 is 4.74 Å². The number of aromatic amines is 1. The Hall–Kier alpha value is -1.36. The zero-order valence-electron chi connectivity index (χ0n) is 8.37. The molecule has 5 nitrogen and oxygen atoms in total. The highest BCUT2D eigenvalue weighted by Gasteiger charge is 1.99. The molecule has 1 aromatic rings. The smallest absolute Gasteiger partial charge is 0.330 e. The largest absolute Gasteiger partial charge is 0.361 e. The number of hydrogen-bond donors (Lipinski definition) is 1. The van der Waals surface area contributed by atoms with Crippen molar-refractivity contribution in [1.29, 1.82) is 0 Å². The van der Waals surface area contributed by atoms with Gasteiger partial charge in [0.2, 0.25) is 0 Å². The van der Waals surface area contributed by atoms with E-state index in [0.29, 0.717) is 12.2 Å². The lowest BCUT2D eigenvalue weighted by atomic mass is 10.4. The zero-order chi connectivity index (χ0) is 10.6. The lowest BCUT2D eigenvalue weighted by Crippen LogP contribution is -2.31. The second kappa shape index (κ2) is 4.76. The minimum absolute atomic E-state index is 0.185. The summed E-state index contributed by atoms with van der Waals surface area (Å²) >= 11 is 0. The summed E-state index contributed by atoms with van der Waals surface area (Å²) in [6.45, 7) is 4.42. The van der Waals surface area contributed by atoms with Gasteiger partial charge in [-0.15, -0.1) is 0 Å². The van der Waals surface area contributed by atoms with E-state index in [9.17, 15) is 9.59 Å². The van der Waals surface area contributed by atoms with Crippen LogP contribution in [0.3, 0.4) is 0 Å². The van der Waals surface area contributed by atoms with Crippen molar-refractivity contribution in [3.05, 3.63) is 32.6 Å². The van der Waals surface area contributed by atoms with Crippen molar-refractivity contribution in [2.75, 3.05) is 6.61 Å². The molecule has 0 unspecified atom stereocenters. The van der Waals surface area contributed by atoms with Gasteiger partial charge in [-0.2, -0.15) is 0 Å². The third kappa shape index (κ3) is 2.56. The molecule has 78 valence electrons. The fourth-order valence-corrected chi connectivity index (χ4v) is 1.02. The lowest BCUT2D eigenvalue weighted by Gasteiger charge is -2.05. The second-order valence-electron chi connectivity index (χ2n) is 3.08. The van der Waals surface area contributed by atoms with Crippen LogP contribution >= 0.6 is 0 Å². The highest BCUT2D eigenvalue weighted by atomic mass is 16.5. The van der Waals surface area contributed by atoms with Gasteiger partial charge in [0.15, 0.2) is 0 Å². The molecule has 0 aromatic carbocycles. The Balaban J connectivity index is 2.82. The van der Waals surface area contributed by atoms with Gasteiger partial charge < -0.3 is 4.74 Å². The van der Waals surface area contributed by atoms with Gasteiger partial charge in [0, 0.05) is 18.4 Å². The number of aryl methyl sites for hydroxylation is 1. The molecule has 0 aliphatic heterocycles. The van der Waals surface area contributed by atoms with Crippen LogP contribution in [0.4, 0.5) is 0 Å². The number of ether oxygens (including phenoxy) is 1. The van der Waals surface area contributed by atoms with Crippen molar-refractivity contribution in [2.24, 2.45) is 0 Å². The summed E-state index contributed by atoms with van der Waals surface area (Å²) in [7, 11) is 0. The predicted octanol–water partition coefficient (Wildman–Crippen LogP) is 0.229. The number of H-pyrrole nitrogens is 1. The number of aromatic nitrogens is 2. The Labute approximate surface area is 81.3 Å². The third-order valence-electron chi connectivity index (χ3n) is 1.77. The van der Waals surface area contributed by atoms with Crippen LogP contribution in [-0.4, -0.2) is 16.2 Å². The van der Waals surface area contributed by atoms with E-state index in [1.165, 1.54) is 10.8 Å². The van der Waals surface area contributed by atoms with Crippen LogP contribution < -0.4 is 11.2 Å². The fourth-order valence-electron chi connectivity index (χ4n) is 1.02. The molecule has 1 N–H and O–H groups in total. The molecule has 0 radical (unpaired) electrons. The predicted molar refractivity (Wildman–Crippen MR) is 52.3 cm³/mol. The van der Waals surface area contributed by atoms with E-state index in [2.05, 4.69) is 4.98 Å². The third-order valence-corrected chi connectivity index (χ3v) is 1.77. The van der Waals surface area contributed by atoms with Gasteiger partial charge in [-0.05, 0) is 13.3 Å². The van der Waals surface area contributed by atoms with Gasteiger partial charge in [0.25, 0.3) is 5.56 Å². The summed E-state index contributed by atoms with van der Waals surface area (Å²) in [5, 5.41) is 0. The van der Waals surface area contributed by atoms with E-state index in [1.807, 2.05) is 6.92 Å². The van der Waals surface area contributed by atoms with E-state index in [1.54, 1.807) is 6.92 Å². The molecule has 0 amide bonds. The second-order valence-corrected chi connectivity index (χ2v) is 3.08. The molecule has 5 heteroatoms. The first-order valence-electron chi connectivity index (χ1n) is 4.53. The molecule has 0 aliphatic rings. The van der Waals surface area contributed by atoms with Gasteiger partial charge in [0.1, 0.15) is 6.73 Å². The molecule has 0 saturated heterocycles. The summed E-state index contributed by atoms with van der Waals surface area (Å²) < 4.78 is 6.53. The molecule has 0 saturated carbocycles. The van der Waals surface area contributed by atoms with Crippen LogP contribution in [0.15, 0.2) is 15.8 Å². The molecule has 1 rings (SSSR count). The highest BCUT2D eigenvalue weighted by molar-refractivity contribution is 5.00.